The zero-order chi connectivity index (χ0) is 28.9. The summed E-state index contributed by atoms with van der Waals surface area (Å²) < 4.78 is 18.6. The molecule has 4 aliphatic rings. The van der Waals surface area contributed by atoms with Gasteiger partial charge in [0.1, 0.15) is 0 Å². The molecule has 2 fully saturated rings. The average Bonchev–Trinajstić information content (AvgIpc) is 3.70. The SMILES string of the molecule is S=C([S-])N(N1C=CCC1)N(C(=S)S)N1CCCC1.S=C([S-])N(N1C=CCC1)N(C(=S)S)N1CCCC1.[O]=[Mo+2]=[O]. The van der Waals surface area contributed by atoms with E-state index in [1.807, 2.05) is 32.7 Å². The fourth-order valence-electron chi connectivity index (χ4n) is 4.28. The Kier molecular flexibility index (Phi) is 16.7. The van der Waals surface area contributed by atoms with E-state index < -0.39 is 18.5 Å². The molecule has 19 heteroatoms. The van der Waals surface area contributed by atoms with Crippen LogP contribution in [0.25, 0.3) is 0 Å². The van der Waals surface area contributed by atoms with Gasteiger partial charge in [-0.1, -0.05) is 12.2 Å². The number of hydrazine groups is 6. The first-order valence-corrected chi connectivity index (χ1v) is 17.0. The van der Waals surface area contributed by atoms with Crippen LogP contribution in [0.4, 0.5) is 0 Å². The summed E-state index contributed by atoms with van der Waals surface area (Å²) in [6, 6.07) is 0. The third kappa shape index (κ3) is 10.6. The molecule has 4 heterocycles. The molecular formula is C20H30MoN8O2S8. The van der Waals surface area contributed by atoms with Crippen LogP contribution in [0.1, 0.15) is 38.5 Å². The summed E-state index contributed by atoms with van der Waals surface area (Å²) in [5, 5.41) is 15.4. The zero-order valence-electron chi connectivity index (χ0n) is 20.9. The van der Waals surface area contributed by atoms with E-state index in [2.05, 4.69) is 47.4 Å². The number of thiol groups is 2. The van der Waals surface area contributed by atoms with Gasteiger partial charge < -0.3 is 49.7 Å². The Bertz CT molecular complexity index is 903. The van der Waals surface area contributed by atoms with Gasteiger partial charge in [0, 0.05) is 51.7 Å². The van der Waals surface area contributed by atoms with Gasteiger partial charge in [-0.15, -0.1) is 25.3 Å². The molecule has 2 saturated heterocycles. The van der Waals surface area contributed by atoms with Crippen LogP contribution in [-0.4, -0.2) is 97.1 Å². The number of hydrogen-bond acceptors (Lipinski definition) is 12. The summed E-state index contributed by atoms with van der Waals surface area (Å²) in [6.45, 7) is 5.52. The molecule has 0 amide bonds. The summed E-state index contributed by atoms with van der Waals surface area (Å²) in [5.74, 6) is 0. The van der Waals surface area contributed by atoms with Crippen molar-refractivity contribution in [2.24, 2.45) is 0 Å². The molecule has 0 N–H and O–H groups in total. The normalized spacial score (nSPS) is 18.0. The summed E-state index contributed by atoms with van der Waals surface area (Å²) in [7, 11) is 0. The van der Waals surface area contributed by atoms with Crippen LogP contribution in [0, 0.1) is 0 Å². The van der Waals surface area contributed by atoms with Gasteiger partial charge in [0.05, 0.1) is 0 Å². The predicted octanol–water partition coefficient (Wildman–Crippen LogP) is 3.15. The van der Waals surface area contributed by atoms with Crippen LogP contribution in [-0.2, 0) is 50.5 Å². The van der Waals surface area contributed by atoms with Crippen molar-refractivity contribution in [2.45, 2.75) is 38.5 Å². The van der Waals surface area contributed by atoms with Crippen molar-refractivity contribution in [3.63, 3.8) is 0 Å². The molecule has 4 rings (SSSR count). The van der Waals surface area contributed by atoms with Gasteiger partial charge in [-0.05, 0) is 71.6 Å². The Hall–Kier alpha value is -0.0117. The Morgan fingerprint density at radius 1 is 0.641 bits per heavy atom. The van der Waals surface area contributed by atoms with E-state index in [0.29, 0.717) is 17.3 Å². The summed E-state index contributed by atoms with van der Waals surface area (Å²) in [5.41, 5.74) is 0. The molecule has 39 heavy (non-hydrogen) atoms. The number of thiocarbonyl (C=S) groups is 4. The third-order valence-corrected chi connectivity index (χ3v) is 7.16. The van der Waals surface area contributed by atoms with Gasteiger partial charge in [-0.2, -0.15) is 30.5 Å². The second-order valence-corrected chi connectivity index (χ2v) is 12.9. The fourth-order valence-corrected chi connectivity index (χ4v) is 5.81. The van der Waals surface area contributed by atoms with Crippen molar-refractivity contribution in [2.75, 3.05) is 39.3 Å². The quantitative estimate of drug-likeness (QED) is 0.145. The number of hydrogen-bond donors (Lipinski definition) is 2. The van der Waals surface area contributed by atoms with Crippen molar-refractivity contribution in [1.29, 1.82) is 0 Å². The third-order valence-electron chi connectivity index (χ3n) is 5.82. The Morgan fingerprint density at radius 2 is 0.949 bits per heavy atom. The van der Waals surface area contributed by atoms with Crippen molar-refractivity contribution in [3.05, 3.63) is 24.6 Å². The molecular weight excluding hydrogens is 737 g/mol. The van der Waals surface area contributed by atoms with E-state index in [9.17, 15) is 0 Å². The van der Waals surface area contributed by atoms with Crippen molar-refractivity contribution < 1.29 is 25.3 Å². The second kappa shape index (κ2) is 18.5. The van der Waals surface area contributed by atoms with Crippen LogP contribution in [0.2, 0.25) is 0 Å². The van der Waals surface area contributed by atoms with Gasteiger partial charge in [0.2, 0.25) is 0 Å². The first kappa shape index (κ1) is 35.2. The van der Waals surface area contributed by atoms with Gasteiger partial charge in [-0.25, -0.2) is 0 Å². The van der Waals surface area contributed by atoms with E-state index in [-0.39, 0.29) is 0 Å². The van der Waals surface area contributed by atoms with Gasteiger partial charge >= 0.3 is 25.3 Å². The Labute approximate surface area is 282 Å². The van der Waals surface area contributed by atoms with E-state index >= 15 is 0 Å². The van der Waals surface area contributed by atoms with Crippen LogP contribution < -0.4 is 0 Å². The van der Waals surface area contributed by atoms with Gasteiger partial charge in [0.15, 0.2) is 8.64 Å². The Balaban J connectivity index is 0.000000249. The maximum absolute atomic E-state index is 8.50. The van der Waals surface area contributed by atoms with Crippen LogP contribution >= 0.6 is 74.1 Å². The molecule has 216 valence electrons. The molecule has 0 unspecified atom stereocenters. The minimum atomic E-state index is -2.03. The van der Waals surface area contributed by atoms with E-state index in [4.69, 9.17) is 80.9 Å². The zero-order valence-corrected chi connectivity index (χ0v) is 29.6. The molecule has 0 bridgehead atoms. The van der Waals surface area contributed by atoms with E-state index in [1.54, 1.807) is 10.2 Å². The molecule has 0 aliphatic carbocycles. The molecule has 0 aromatic heterocycles. The summed E-state index contributed by atoms with van der Waals surface area (Å²) in [4.78, 5) is 0. The number of rotatable bonds is 4. The second-order valence-electron chi connectivity index (χ2n) is 8.32. The van der Waals surface area contributed by atoms with Crippen molar-refractivity contribution >= 4 is 117 Å². The minimum absolute atomic E-state index is 0.352. The van der Waals surface area contributed by atoms with Gasteiger partial charge in [-0.3, -0.25) is 10.0 Å². The maximum atomic E-state index is 8.50. The predicted molar refractivity (Wildman–Crippen MR) is 174 cm³/mol. The molecule has 10 nitrogen and oxygen atoms in total. The molecule has 4 aliphatic heterocycles. The molecule has 0 atom stereocenters. The average molecular weight is 767 g/mol. The van der Waals surface area contributed by atoms with Gasteiger partial charge in [0.25, 0.3) is 0 Å². The molecule has 0 aromatic rings. The summed E-state index contributed by atoms with van der Waals surface area (Å²) >= 11 is 37.8. The standard InChI is InChI=1S/2C10H16N4S4.Mo.2O/c2*15-9(16)13(11-5-1-2-6-11)14(10(17)18)12-7-3-4-8-12;;;/h2*1,5H,2-4,6-8H2,(H,15,16)(H,17,18);;;/q;;+2;;/p-2. The molecule has 0 aromatic carbocycles. The monoisotopic (exact) mass is 768 g/mol. The van der Waals surface area contributed by atoms with E-state index in [0.717, 1.165) is 77.8 Å². The first-order valence-electron chi connectivity index (χ1n) is 12.0. The Morgan fingerprint density at radius 3 is 1.15 bits per heavy atom. The molecule has 0 radical (unpaired) electrons. The summed E-state index contributed by atoms with van der Waals surface area (Å²) in [6.07, 6.45) is 14.7. The first-order chi connectivity index (χ1) is 18.6. The van der Waals surface area contributed by atoms with Crippen molar-refractivity contribution in [1.82, 2.24) is 40.5 Å². The van der Waals surface area contributed by atoms with E-state index in [1.165, 1.54) is 0 Å². The molecule has 0 spiro atoms. The molecule has 0 saturated carbocycles. The fraction of sp³-hybridized carbons (Fsp3) is 0.600. The van der Waals surface area contributed by atoms with Crippen LogP contribution in [0.5, 0.6) is 0 Å². The van der Waals surface area contributed by atoms with Crippen molar-refractivity contribution in [3.8, 4) is 0 Å². The van der Waals surface area contributed by atoms with Crippen LogP contribution in [0.3, 0.4) is 0 Å². The van der Waals surface area contributed by atoms with Crippen LogP contribution in [0.15, 0.2) is 24.6 Å². The topological polar surface area (TPSA) is 60.1 Å². The number of nitrogens with zero attached hydrogens (tertiary/aromatic N) is 8.